The van der Waals surface area contributed by atoms with Crippen LogP contribution in [0.15, 0.2) is 54.6 Å². The fourth-order valence-electron chi connectivity index (χ4n) is 3.45. The third-order valence-electron chi connectivity index (χ3n) is 4.72. The molecule has 136 valence electrons. The van der Waals surface area contributed by atoms with Gasteiger partial charge in [0.1, 0.15) is 0 Å². The summed E-state index contributed by atoms with van der Waals surface area (Å²) in [5.41, 5.74) is 4.86. The van der Waals surface area contributed by atoms with Gasteiger partial charge in [0.05, 0.1) is 33.7 Å². The number of benzene rings is 2. The van der Waals surface area contributed by atoms with Gasteiger partial charge in [-0.3, -0.25) is 10.1 Å². The fraction of sp³-hybridized carbons (Fsp3) is 0.190. The normalized spacial score (nSPS) is 11.1. The van der Waals surface area contributed by atoms with Gasteiger partial charge < -0.3 is 4.57 Å². The van der Waals surface area contributed by atoms with Crippen LogP contribution in [0, 0.1) is 13.8 Å². The topological polar surface area (TPSA) is 64.7 Å². The molecule has 0 atom stereocenters. The Balaban J connectivity index is 1.72. The van der Waals surface area contributed by atoms with E-state index < -0.39 is 0 Å². The summed E-state index contributed by atoms with van der Waals surface area (Å²) in [6.07, 6.45) is 0. The molecule has 0 saturated heterocycles. The number of nitrogens with one attached hydrogen (secondary N) is 1. The predicted molar refractivity (Wildman–Crippen MR) is 106 cm³/mol. The van der Waals surface area contributed by atoms with Crippen molar-refractivity contribution < 1.29 is 4.79 Å². The van der Waals surface area contributed by atoms with Crippen molar-refractivity contribution in [2.45, 2.75) is 27.3 Å². The fourth-order valence-corrected chi connectivity index (χ4v) is 3.45. The van der Waals surface area contributed by atoms with Gasteiger partial charge in [-0.25, -0.2) is 9.67 Å². The van der Waals surface area contributed by atoms with Gasteiger partial charge in [-0.2, -0.15) is 5.10 Å². The molecule has 0 aliphatic heterocycles. The Labute approximate surface area is 157 Å². The smallest absolute Gasteiger partial charge is 0.261 e. The molecule has 0 bridgehead atoms. The highest BCUT2D eigenvalue weighted by molar-refractivity contribution is 6.05. The van der Waals surface area contributed by atoms with E-state index in [1.165, 1.54) is 0 Å². The predicted octanol–water partition coefficient (Wildman–Crippen LogP) is 4.11. The Morgan fingerprint density at radius 1 is 1.04 bits per heavy atom. The Bertz CT molecular complexity index is 1120. The van der Waals surface area contributed by atoms with Crippen LogP contribution in [-0.4, -0.2) is 25.2 Å². The highest BCUT2D eigenvalue weighted by Crippen LogP contribution is 2.22. The van der Waals surface area contributed by atoms with Gasteiger partial charge in [-0.1, -0.05) is 30.3 Å². The number of anilines is 1. The van der Waals surface area contributed by atoms with Crippen molar-refractivity contribution >= 4 is 22.9 Å². The number of hydrogen-bond donors (Lipinski definition) is 1. The third kappa shape index (κ3) is 2.89. The highest BCUT2D eigenvalue weighted by atomic mass is 16.1. The van der Waals surface area contributed by atoms with Crippen LogP contribution in [0.5, 0.6) is 0 Å². The van der Waals surface area contributed by atoms with E-state index in [1.807, 2.05) is 79.9 Å². The van der Waals surface area contributed by atoms with Crippen molar-refractivity contribution in [3.8, 4) is 5.69 Å². The maximum Gasteiger partial charge on any atom is 0.261 e. The van der Waals surface area contributed by atoms with E-state index in [2.05, 4.69) is 15.4 Å². The first-order chi connectivity index (χ1) is 13.1. The highest BCUT2D eigenvalue weighted by Gasteiger charge is 2.21. The van der Waals surface area contributed by atoms with E-state index in [4.69, 9.17) is 0 Å². The maximum atomic E-state index is 13.0. The molecule has 27 heavy (non-hydrogen) atoms. The van der Waals surface area contributed by atoms with E-state index in [0.717, 1.165) is 29.0 Å². The molecular formula is C21H21N5O. The number of aromatic nitrogens is 4. The molecule has 2 aromatic carbocycles. The zero-order valence-corrected chi connectivity index (χ0v) is 15.6. The third-order valence-corrected chi connectivity index (χ3v) is 4.72. The van der Waals surface area contributed by atoms with Gasteiger partial charge in [-0.05, 0) is 45.0 Å². The van der Waals surface area contributed by atoms with Crippen LogP contribution in [0.2, 0.25) is 0 Å². The number of nitrogens with zero attached hydrogens (tertiary/aromatic N) is 4. The van der Waals surface area contributed by atoms with Crippen LogP contribution >= 0.6 is 0 Å². The molecule has 0 saturated carbocycles. The van der Waals surface area contributed by atoms with Gasteiger partial charge in [-0.15, -0.1) is 0 Å². The number of para-hydroxylation sites is 3. The molecule has 6 heteroatoms. The number of amides is 1. The van der Waals surface area contributed by atoms with Crippen molar-refractivity contribution in [1.82, 2.24) is 19.3 Å². The van der Waals surface area contributed by atoms with Crippen LogP contribution in [0.1, 0.15) is 28.7 Å². The van der Waals surface area contributed by atoms with Crippen LogP contribution in [-0.2, 0) is 6.54 Å². The van der Waals surface area contributed by atoms with Crippen LogP contribution in [0.25, 0.3) is 16.7 Å². The van der Waals surface area contributed by atoms with E-state index in [9.17, 15) is 4.79 Å². The van der Waals surface area contributed by atoms with Crippen LogP contribution in [0.3, 0.4) is 0 Å². The Kier molecular flexibility index (Phi) is 4.24. The number of hydrogen-bond acceptors (Lipinski definition) is 3. The second kappa shape index (κ2) is 6.72. The first-order valence-electron chi connectivity index (χ1n) is 8.98. The average molecular weight is 359 g/mol. The quantitative estimate of drug-likeness (QED) is 0.596. The molecule has 2 heterocycles. The largest absolute Gasteiger partial charge is 0.310 e. The SMILES string of the molecule is CCn1c(NC(=O)c2c(C)nn(-c3ccccc3)c2C)nc2ccccc21. The van der Waals surface area contributed by atoms with Crippen molar-refractivity contribution in [2.75, 3.05) is 5.32 Å². The number of fused-ring (bicyclic) bond motifs is 1. The molecule has 2 aromatic heterocycles. The molecule has 4 aromatic rings. The minimum Gasteiger partial charge on any atom is -0.310 e. The second-order valence-electron chi connectivity index (χ2n) is 6.42. The molecule has 6 nitrogen and oxygen atoms in total. The summed E-state index contributed by atoms with van der Waals surface area (Å²) in [7, 11) is 0. The Morgan fingerprint density at radius 3 is 2.48 bits per heavy atom. The summed E-state index contributed by atoms with van der Waals surface area (Å²) < 4.78 is 3.80. The lowest BCUT2D eigenvalue weighted by molar-refractivity contribution is 0.102. The molecule has 0 unspecified atom stereocenters. The minimum atomic E-state index is -0.197. The molecule has 1 N–H and O–H groups in total. The zero-order chi connectivity index (χ0) is 19.0. The molecule has 1 amide bonds. The van der Waals surface area contributed by atoms with Crippen LogP contribution in [0.4, 0.5) is 5.95 Å². The number of rotatable bonds is 4. The summed E-state index contributed by atoms with van der Waals surface area (Å²) in [6.45, 7) is 6.51. The van der Waals surface area contributed by atoms with Gasteiger partial charge in [0.25, 0.3) is 5.91 Å². The molecule has 0 aliphatic rings. The first kappa shape index (κ1) is 17.0. The maximum absolute atomic E-state index is 13.0. The lowest BCUT2D eigenvalue weighted by Gasteiger charge is -2.08. The van der Waals surface area contributed by atoms with Crippen LogP contribution < -0.4 is 5.32 Å². The van der Waals surface area contributed by atoms with Crippen molar-refractivity contribution in [1.29, 1.82) is 0 Å². The Hall–Kier alpha value is -3.41. The van der Waals surface area contributed by atoms with E-state index in [0.29, 0.717) is 17.2 Å². The van der Waals surface area contributed by atoms with E-state index >= 15 is 0 Å². The van der Waals surface area contributed by atoms with Gasteiger partial charge >= 0.3 is 0 Å². The second-order valence-corrected chi connectivity index (χ2v) is 6.42. The van der Waals surface area contributed by atoms with E-state index in [1.54, 1.807) is 4.68 Å². The summed E-state index contributed by atoms with van der Waals surface area (Å²) >= 11 is 0. The summed E-state index contributed by atoms with van der Waals surface area (Å²) in [6, 6.07) is 17.7. The number of carbonyl (C=O) groups excluding carboxylic acids is 1. The number of aryl methyl sites for hydroxylation is 2. The Morgan fingerprint density at radius 2 is 1.74 bits per heavy atom. The molecule has 4 rings (SSSR count). The van der Waals surface area contributed by atoms with Gasteiger partial charge in [0.2, 0.25) is 5.95 Å². The molecular weight excluding hydrogens is 338 g/mol. The number of imidazole rings is 1. The summed E-state index contributed by atoms with van der Waals surface area (Å²) in [4.78, 5) is 17.6. The lowest BCUT2D eigenvalue weighted by Crippen LogP contribution is -2.17. The molecule has 0 spiro atoms. The minimum absolute atomic E-state index is 0.197. The number of carbonyl (C=O) groups is 1. The summed E-state index contributed by atoms with van der Waals surface area (Å²) in [5.74, 6) is 0.354. The van der Waals surface area contributed by atoms with Gasteiger partial charge in [0, 0.05) is 6.54 Å². The molecule has 0 aliphatic carbocycles. The zero-order valence-electron chi connectivity index (χ0n) is 15.6. The van der Waals surface area contributed by atoms with Crippen molar-refractivity contribution in [3.63, 3.8) is 0 Å². The van der Waals surface area contributed by atoms with Crippen molar-refractivity contribution in [3.05, 3.63) is 71.5 Å². The van der Waals surface area contributed by atoms with Gasteiger partial charge in [0.15, 0.2) is 0 Å². The summed E-state index contributed by atoms with van der Waals surface area (Å²) in [5, 5.41) is 7.53. The average Bonchev–Trinajstić information content (AvgIpc) is 3.18. The monoisotopic (exact) mass is 359 g/mol. The first-order valence-corrected chi connectivity index (χ1v) is 8.98. The van der Waals surface area contributed by atoms with Crippen molar-refractivity contribution in [2.24, 2.45) is 0 Å². The molecule has 0 radical (unpaired) electrons. The van der Waals surface area contributed by atoms with E-state index in [-0.39, 0.29) is 5.91 Å². The lowest BCUT2D eigenvalue weighted by atomic mass is 10.2. The molecule has 0 fully saturated rings. The standard InChI is InChI=1S/C21H21N5O/c1-4-25-18-13-9-8-12-17(18)22-21(25)23-20(27)19-14(2)24-26(15(19)3)16-10-6-5-7-11-16/h5-13H,4H2,1-3H3,(H,22,23,27).